The lowest BCUT2D eigenvalue weighted by Crippen LogP contribution is -2.24. The van der Waals surface area contributed by atoms with E-state index < -0.39 is 0 Å². The maximum absolute atomic E-state index is 12.6. The number of hydrogen-bond acceptors (Lipinski definition) is 6. The lowest BCUT2D eigenvalue weighted by atomic mass is 10.1. The zero-order valence-electron chi connectivity index (χ0n) is 16.9. The molecule has 3 aromatic rings. The van der Waals surface area contributed by atoms with Gasteiger partial charge in [-0.15, -0.1) is 0 Å². The lowest BCUT2D eigenvalue weighted by molar-refractivity contribution is -0.117. The molecule has 7 heteroatoms. The van der Waals surface area contributed by atoms with Gasteiger partial charge in [-0.2, -0.15) is 4.98 Å². The molecule has 0 unspecified atom stereocenters. The van der Waals surface area contributed by atoms with Crippen molar-refractivity contribution >= 4 is 11.6 Å². The summed E-state index contributed by atoms with van der Waals surface area (Å²) in [6, 6.07) is 11.6. The molecule has 0 bridgehead atoms. The summed E-state index contributed by atoms with van der Waals surface area (Å²) in [7, 11) is 3.16. The Balaban J connectivity index is 1.57. The minimum Gasteiger partial charge on any atom is -0.493 e. The van der Waals surface area contributed by atoms with Gasteiger partial charge >= 0.3 is 0 Å². The molecule has 1 saturated heterocycles. The van der Waals surface area contributed by atoms with E-state index in [4.69, 9.17) is 14.0 Å². The third kappa shape index (κ3) is 3.68. The highest BCUT2D eigenvalue weighted by atomic mass is 16.5. The summed E-state index contributed by atoms with van der Waals surface area (Å²) in [6.45, 7) is 4.58. The highest BCUT2D eigenvalue weighted by molar-refractivity contribution is 5.96. The van der Waals surface area contributed by atoms with Gasteiger partial charge in [0.1, 0.15) is 0 Å². The van der Waals surface area contributed by atoms with Gasteiger partial charge in [0, 0.05) is 24.2 Å². The van der Waals surface area contributed by atoms with Crippen molar-refractivity contribution in [2.45, 2.75) is 26.2 Å². The maximum Gasteiger partial charge on any atom is 0.232 e. The summed E-state index contributed by atoms with van der Waals surface area (Å²) in [5.41, 5.74) is 3.93. The molecule has 1 aliphatic heterocycles. The van der Waals surface area contributed by atoms with Crippen molar-refractivity contribution in [3.63, 3.8) is 0 Å². The molecule has 0 spiro atoms. The van der Waals surface area contributed by atoms with Crippen molar-refractivity contribution in [3.05, 3.63) is 53.4 Å². The van der Waals surface area contributed by atoms with Gasteiger partial charge in [0.05, 0.1) is 20.1 Å². The number of nitrogens with zero attached hydrogens (tertiary/aromatic N) is 3. The van der Waals surface area contributed by atoms with E-state index in [0.29, 0.717) is 36.2 Å². The van der Waals surface area contributed by atoms with Gasteiger partial charge in [0.15, 0.2) is 11.5 Å². The molecule has 1 atom stereocenters. The monoisotopic (exact) mass is 393 g/mol. The molecule has 150 valence electrons. The van der Waals surface area contributed by atoms with Crippen molar-refractivity contribution in [3.8, 4) is 22.9 Å². The number of ether oxygens (including phenoxy) is 2. The Morgan fingerprint density at radius 3 is 2.45 bits per heavy atom. The predicted octanol–water partition coefficient (Wildman–Crippen LogP) is 3.89. The Bertz CT molecular complexity index is 1040. The Labute approximate surface area is 169 Å². The average Bonchev–Trinajstić information content (AvgIpc) is 3.33. The fourth-order valence-corrected chi connectivity index (χ4v) is 3.72. The van der Waals surface area contributed by atoms with E-state index in [1.165, 1.54) is 0 Å². The third-order valence-corrected chi connectivity index (χ3v) is 5.08. The zero-order chi connectivity index (χ0) is 20.5. The van der Waals surface area contributed by atoms with E-state index in [1.807, 2.05) is 32.0 Å². The molecule has 2 heterocycles. The number of hydrogen-bond donors (Lipinski definition) is 0. The SMILES string of the molecule is COc1ccc(-c2noc([C@H]3CC(=O)N(c4cc(C)cc(C)c4)C3)n2)cc1OC. The maximum atomic E-state index is 12.6. The molecule has 0 radical (unpaired) electrons. The van der Waals surface area contributed by atoms with Gasteiger partial charge in [-0.1, -0.05) is 11.2 Å². The summed E-state index contributed by atoms with van der Waals surface area (Å²) in [5.74, 6) is 2.07. The van der Waals surface area contributed by atoms with Crippen LogP contribution in [0, 0.1) is 13.8 Å². The van der Waals surface area contributed by atoms with Crippen molar-refractivity contribution in [2.75, 3.05) is 25.7 Å². The van der Waals surface area contributed by atoms with Crippen LogP contribution < -0.4 is 14.4 Å². The van der Waals surface area contributed by atoms with Crippen molar-refractivity contribution in [2.24, 2.45) is 0 Å². The molecular weight excluding hydrogens is 370 g/mol. The second-order valence-corrected chi connectivity index (χ2v) is 7.28. The first-order chi connectivity index (χ1) is 14.0. The van der Waals surface area contributed by atoms with Gasteiger partial charge in [0.25, 0.3) is 0 Å². The molecular formula is C22H23N3O4. The number of carbonyl (C=O) groups excluding carboxylic acids is 1. The van der Waals surface area contributed by atoms with Gasteiger partial charge < -0.3 is 18.9 Å². The molecule has 1 fully saturated rings. The predicted molar refractivity (Wildman–Crippen MR) is 108 cm³/mol. The second-order valence-electron chi connectivity index (χ2n) is 7.28. The van der Waals surface area contributed by atoms with Gasteiger partial charge in [0.2, 0.25) is 17.6 Å². The lowest BCUT2D eigenvalue weighted by Gasteiger charge is -2.17. The smallest absolute Gasteiger partial charge is 0.232 e. The normalized spacial score (nSPS) is 16.3. The fourth-order valence-electron chi connectivity index (χ4n) is 3.72. The zero-order valence-corrected chi connectivity index (χ0v) is 16.9. The first-order valence-electron chi connectivity index (χ1n) is 9.43. The van der Waals surface area contributed by atoms with Crippen LogP contribution in [0.3, 0.4) is 0 Å². The van der Waals surface area contributed by atoms with Crippen LogP contribution in [0.25, 0.3) is 11.4 Å². The molecule has 2 aromatic carbocycles. The summed E-state index contributed by atoms with van der Waals surface area (Å²) < 4.78 is 16.1. The Hall–Kier alpha value is -3.35. The number of methoxy groups -OCH3 is 2. The third-order valence-electron chi connectivity index (χ3n) is 5.08. The van der Waals surface area contributed by atoms with Crippen LogP contribution in [-0.2, 0) is 4.79 Å². The van der Waals surface area contributed by atoms with E-state index in [9.17, 15) is 4.79 Å². The van der Waals surface area contributed by atoms with E-state index >= 15 is 0 Å². The van der Waals surface area contributed by atoms with Crippen LogP contribution in [0.1, 0.15) is 29.4 Å². The van der Waals surface area contributed by atoms with E-state index in [2.05, 4.69) is 16.2 Å². The van der Waals surface area contributed by atoms with Crippen LogP contribution in [0.15, 0.2) is 40.9 Å². The number of aryl methyl sites for hydroxylation is 2. The highest BCUT2D eigenvalue weighted by Crippen LogP contribution is 2.34. The first kappa shape index (κ1) is 19.0. The summed E-state index contributed by atoms with van der Waals surface area (Å²) in [4.78, 5) is 19.0. The van der Waals surface area contributed by atoms with Gasteiger partial charge in [-0.25, -0.2) is 0 Å². The number of rotatable bonds is 5. The molecule has 1 amide bonds. The number of benzene rings is 2. The quantitative estimate of drug-likeness (QED) is 0.654. The molecule has 0 aliphatic carbocycles. The van der Waals surface area contributed by atoms with E-state index in [0.717, 1.165) is 22.4 Å². The summed E-state index contributed by atoms with van der Waals surface area (Å²) in [6.07, 6.45) is 0.348. The number of anilines is 1. The van der Waals surface area contributed by atoms with Crippen molar-refractivity contribution < 1.29 is 18.8 Å². The largest absolute Gasteiger partial charge is 0.493 e. The molecule has 1 aliphatic rings. The van der Waals surface area contributed by atoms with Crippen LogP contribution in [-0.4, -0.2) is 36.8 Å². The summed E-state index contributed by atoms with van der Waals surface area (Å²) in [5, 5.41) is 4.10. The topological polar surface area (TPSA) is 77.7 Å². The number of carbonyl (C=O) groups is 1. The molecule has 4 rings (SSSR count). The molecule has 29 heavy (non-hydrogen) atoms. The van der Waals surface area contributed by atoms with Crippen LogP contribution in [0.4, 0.5) is 5.69 Å². The molecule has 0 N–H and O–H groups in total. The van der Waals surface area contributed by atoms with Crippen molar-refractivity contribution in [1.82, 2.24) is 10.1 Å². The van der Waals surface area contributed by atoms with Gasteiger partial charge in [-0.05, 0) is 55.3 Å². The molecule has 0 saturated carbocycles. The minimum atomic E-state index is -0.135. The summed E-state index contributed by atoms with van der Waals surface area (Å²) >= 11 is 0. The van der Waals surface area contributed by atoms with Crippen LogP contribution in [0.5, 0.6) is 11.5 Å². The first-order valence-corrected chi connectivity index (χ1v) is 9.43. The van der Waals surface area contributed by atoms with Crippen LogP contribution in [0.2, 0.25) is 0 Å². The number of aromatic nitrogens is 2. The minimum absolute atomic E-state index is 0.0610. The van der Waals surface area contributed by atoms with Gasteiger partial charge in [-0.3, -0.25) is 4.79 Å². The standard InChI is InChI=1S/C22H23N3O4/c1-13-7-14(2)9-17(8-13)25-12-16(11-20(25)26)22-23-21(24-29-22)15-5-6-18(27-3)19(10-15)28-4/h5-10,16H,11-12H2,1-4H3/t16-/m0/s1. The van der Waals surface area contributed by atoms with E-state index in [1.54, 1.807) is 31.3 Å². The fraction of sp³-hybridized carbons (Fsp3) is 0.318. The highest BCUT2D eigenvalue weighted by Gasteiger charge is 2.35. The van der Waals surface area contributed by atoms with E-state index in [-0.39, 0.29) is 11.8 Å². The Morgan fingerprint density at radius 2 is 1.76 bits per heavy atom. The second kappa shape index (κ2) is 7.58. The Morgan fingerprint density at radius 1 is 1.03 bits per heavy atom. The molecule has 1 aromatic heterocycles. The van der Waals surface area contributed by atoms with Crippen molar-refractivity contribution in [1.29, 1.82) is 0 Å². The number of amides is 1. The Kier molecular flexibility index (Phi) is 4.96. The molecule has 7 nitrogen and oxygen atoms in total. The average molecular weight is 393 g/mol. The van der Waals surface area contributed by atoms with Crippen LogP contribution >= 0.6 is 0 Å².